The number of halogens is 2. The Morgan fingerprint density at radius 1 is 0.900 bits per heavy atom. The third-order valence-electron chi connectivity index (χ3n) is 4.24. The predicted molar refractivity (Wildman–Crippen MR) is 104 cm³/mol. The van der Waals surface area contributed by atoms with Gasteiger partial charge in [0.25, 0.3) is 15.9 Å². The van der Waals surface area contributed by atoms with E-state index >= 15 is 0 Å². The van der Waals surface area contributed by atoms with E-state index in [1.54, 1.807) is 6.07 Å². The second-order valence-electron chi connectivity index (χ2n) is 6.25. The first kappa shape index (κ1) is 19.6. The zero-order chi connectivity index (χ0) is 21.3. The summed E-state index contributed by atoms with van der Waals surface area (Å²) in [6, 6.07) is 12.7. The summed E-state index contributed by atoms with van der Waals surface area (Å²) in [5.41, 5.74) is -0.347. The normalized spacial score (nSPS) is 12.5. The Balaban J connectivity index is 1.53. The highest BCUT2D eigenvalue weighted by molar-refractivity contribution is 7.92. The Hall–Kier alpha value is -3.66. The molecule has 10 heteroatoms. The first-order valence-corrected chi connectivity index (χ1v) is 10.1. The van der Waals surface area contributed by atoms with Crippen molar-refractivity contribution in [2.45, 2.75) is 4.90 Å². The largest absolute Gasteiger partial charge is 0.454 e. The summed E-state index contributed by atoms with van der Waals surface area (Å²) < 4.78 is 65.9. The van der Waals surface area contributed by atoms with E-state index in [9.17, 15) is 22.0 Å². The third kappa shape index (κ3) is 3.90. The number of ether oxygens (including phenoxy) is 2. The average molecular weight is 432 g/mol. The molecule has 2 N–H and O–H groups in total. The number of benzene rings is 3. The van der Waals surface area contributed by atoms with E-state index in [0.717, 1.165) is 24.3 Å². The highest BCUT2D eigenvalue weighted by Gasteiger charge is 2.20. The maximum Gasteiger partial charge on any atom is 0.262 e. The monoisotopic (exact) mass is 432 g/mol. The predicted octanol–water partition coefficient (Wildman–Crippen LogP) is 3.75. The zero-order valence-corrected chi connectivity index (χ0v) is 16.0. The number of nitrogens with one attached hydrogen (secondary N) is 2. The lowest BCUT2D eigenvalue weighted by Gasteiger charge is -2.11. The summed E-state index contributed by atoms with van der Waals surface area (Å²) in [6.07, 6.45) is 0. The number of anilines is 2. The van der Waals surface area contributed by atoms with E-state index < -0.39 is 27.6 Å². The molecule has 1 heterocycles. The minimum absolute atomic E-state index is 0.0385. The Labute approximate surface area is 170 Å². The van der Waals surface area contributed by atoms with Gasteiger partial charge in [-0.3, -0.25) is 9.52 Å². The highest BCUT2D eigenvalue weighted by atomic mass is 32.2. The van der Waals surface area contributed by atoms with Crippen molar-refractivity contribution < 1.29 is 31.5 Å². The highest BCUT2D eigenvalue weighted by Crippen LogP contribution is 2.35. The standard InChI is InChI=1S/C20H14F2N2O5S/c21-15-4-2-1-3-14(15)20(25)23-17-7-6-13(10-16(17)22)30(26,27)24-12-5-8-18-19(9-12)29-11-28-18/h1-10,24H,11H2,(H,23,25). The number of amides is 1. The minimum atomic E-state index is -4.12. The van der Waals surface area contributed by atoms with Gasteiger partial charge in [-0.15, -0.1) is 0 Å². The molecule has 7 nitrogen and oxygen atoms in total. The van der Waals surface area contributed by atoms with Gasteiger partial charge in [0.15, 0.2) is 11.5 Å². The molecule has 1 aliphatic heterocycles. The van der Waals surface area contributed by atoms with Crippen molar-refractivity contribution in [2.24, 2.45) is 0 Å². The molecule has 3 aromatic carbocycles. The van der Waals surface area contributed by atoms with Crippen LogP contribution in [0.1, 0.15) is 10.4 Å². The lowest BCUT2D eigenvalue weighted by Crippen LogP contribution is -2.16. The van der Waals surface area contributed by atoms with E-state index in [0.29, 0.717) is 11.5 Å². The zero-order valence-electron chi connectivity index (χ0n) is 15.2. The number of hydrogen-bond acceptors (Lipinski definition) is 5. The van der Waals surface area contributed by atoms with Crippen LogP contribution in [0.25, 0.3) is 0 Å². The molecule has 1 aliphatic rings. The van der Waals surface area contributed by atoms with Crippen LogP contribution in [0.3, 0.4) is 0 Å². The van der Waals surface area contributed by atoms with Crippen LogP contribution in [0.5, 0.6) is 11.5 Å². The van der Waals surface area contributed by atoms with Gasteiger partial charge in [-0.1, -0.05) is 12.1 Å². The Morgan fingerprint density at radius 3 is 2.43 bits per heavy atom. The lowest BCUT2D eigenvalue weighted by molar-refractivity contribution is 0.102. The topological polar surface area (TPSA) is 93.7 Å². The van der Waals surface area contributed by atoms with Crippen molar-refractivity contribution in [1.29, 1.82) is 0 Å². The molecule has 4 rings (SSSR count). The number of fused-ring (bicyclic) bond motifs is 1. The van der Waals surface area contributed by atoms with Crippen LogP contribution in [-0.2, 0) is 10.0 Å². The van der Waals surface area contributed by atoms with E-state index in [4.69, 9.17) is 9.47 Å². The van der Waals surface area contributed by atoms with Gasteiger partial charge in [-0.2, -0.15) is 0 Å². The number of carbonyl (C=O) groups is 1. The van der Waals surface area contributed by atoms with Crippen molar-refractivity contribution in [1.82, 2.24) is 0 Å². The molecule has 0 spiro atoms. The van der Waals surface area contributed by atoms with E-state index in [1.807, 2.05) is 0 Å². The third-order valence-corrected chi connectivity index (χ3v) is 5.62. The van der Waals surface area contributed by atoms with Gasteiger partial charge in [0.05, 0.1) is 21.8 Å². The van der Waals surface area contributed by atoms with E-state index in [2.05, 4.69) is 10.0 Å². The second-order valence-corrected chi connectivity index (χ2v) is 7.93. The number of hydrogen-bond donors (Lipinski definition) is 2. The Bertz CT molecular complexity index is 1250. The molecule has 0 fully saturated rings. The summed E-state index contributed by atoms with van der Waals surface area (Å²) in [4.78, 5) is 11.8. The molecule has 0 atom stereocenters. The number of sulfonamides is 1. The minimum Gasteiger partial charge on any atom is -0.454 e. The lowest BCUT2D eigenvalue weighted by atomic mass is 10.2. The summed E-state index contributed by atoms with van der Waals surface area (Å²) in [7, 11) is -4.12. The van der Waals surface area contributed by atoms with Gasteiger partial charge in [-0.05, 0) is 42.5 Å². The molecule has 0 saturated carbocycles. The van der Waals surface area contributed by atoms with Crippen LogP contribution >= 0.6 is 0 Å². The van der Waals surface area contributed by atoms with Gasteiger partial charge in [-0.25, -0.2) is 17.2 Å². The number of carbonyl (C=O) groups excluding carboxylic acids is 1. The van der Waals surface area contributed by atoms with Crippen molar-refractivity contribution in [3.05, 3.63) is 77.9 Å². The summed E-state index contributed by atoms with van der Waals surface area (Å²) in [5, 5.41) is 2.22. The van der Waals surface area contributed by atoms with Crippen molar-refractivity contribution >= 4 is 27.3 Å². The smallest absolute Gasteiger partial charge is 0.262 e. The Morgan fingerprint density at radius 2 is 1.67 bits per heavy atom. The van der Waals surface area contributed by atoms with Gasteiger partial charge in [0, 0.05) is 6.07 Å². The van der Waals surface area contributed by atoms with Gasteiger partial charge < -0.3 is 14.8 Å². The molecule has 0 unspecified atom stereocenters. The molecule has 0 radical (unpaired) electrons. The molecular formula is C20H14F2N2O5S. The fourth-order valence-corrected chi connectivity index (χ4v) is 3.83. The van der Waals surface area contributed by atoms with E-state index in [1.165, 1.54) is 30.3 Å². The maximum atomic E-state index is 14.4. The van der Waals surface area contributed by atoms with Crippen LogP contribution in [-0.4, -0.2) is 21.1 Å². The SMILES string of the molecule is O=C(Nc1ccc(S(=O)(=O)Nc2ccc3c(c2)OCO3)cc1F)c1ccccc1F. The van der Waals surface area contributed by atoms with E-state index in [-0.39, 0.29) is 28.6 Å². The summed E-state index contributed by atoms with van der Waals surface area (Å²) >= 11 is 0. The van der Waals surface area contributed by atoms with Crippen LogP contribution in [0.15, 0.2) is 65.6 Å². The fraction of sp³-hybridized carbons (Fsp3) is 0.0500. The molecule has 3 aromatic rings. The molecule has 30 heavy (non-hydrogen) atoms. The van der Waals surface area contributed by atoms with Gasteiger partial charge >= 0.3 is 0 Å². The summed E-state index contributed by atoms with van der Waals surface area (Å²) in [6.45, 7) is 0.0385. The first-order chi connectivity index (χ1) is 14.3. The average Bonchev–Trinajstić information content (AvgIpc) is 3.17. The van der Waals surface area contributed by atoms with Gasteiger partial charge in [0.1, 0.15) is 11.6 Å². The molecule has 0 saturated heterocycles. The molecule has 1 amide bonds. The molecule has 0 aromatic heterocycles. The van der Waals surface area contributed by atoms with Crippen molar-refractivity contribution in [2.75, 3.05) is 16.8 Å². The Kier molecular flexibility index (Phi) is 5.00. The van der Waals surface area contributed by atoms with Crippen molar-refractivity contribution in [3.63, 3.8) is 0 Å². The molecular weight excluding hydrogens is 418 g/mol. The maximum absolute atomic E-state index is 14.4. The number of rotatable bonds is 5. The first-order valence-electron chi connectivity index (χ1n) is 8.61. The molecule has 0 bridgehead atoms. The van der Waals surface area contributed by atoms with Crippen LogP contribution in [0, 0.1) is 11.6 Å². The fourth-order valence-electron chi connectivity index (χ4n) is 2.77. The van der Waals surface area contributed by atoms with Crippen LogP contribution < -0.4 is 19.5 Å². The van der Waals surface area contributed by atoms with Crippen LogP contribution in [0.4, 0.5) is 20.2 Å². The van der Waals surface area contributed by atoms with Crippen LogP contribution in [0.2, 0.25) is 0 Å². The van der Waals surface area contributed by atoms with Gasteiger partial charge in [0.2, 0.25) is 6.79 Å². The quantitative estimate of drug-likeness (QED) is 0.641. The molecule has 154 valence electrons. The molecule has 0 aliphatic carbocycles. The second kappa shape index (κ2) is 7.64. The summed E-state index contributed by atoms with van der Waals surface area (Å²) in [5.74, 6) is -1.75. The van der Waals surface area contributed by atoms with Crippen molar-refractivity contribution in [3.8, 4) is 11.5 Å².